The second-order valence-electron chi connectivity index (χ2n) is 5.18. The summed E-state index contributed by atoms with van der Waals surface area (Å²) in [4.78, 5) is 4.33. The topological polar surface area (TPSA) is 54.4 Å². The third-order valence-electron chi connectivity index (χ3n) is 3.70. The van der Waals surface area contributed by atoms with E-state index in [4.69, 9.17) is 11.2 Å². The Morgan fingerprint density at radius 1 is 1.53 bits per heavy atom. The summed E-state index contributed by atoms with van der Waals surface area (Å²) in [5, 5.41) is 12.9. The summed E-state index contributed by atoms with van der Waals surface area (Å²) in [6.07, 6.45) is 8.99. The number of hydrogen-bond acceptors (Lipinski definition) is 4. The average Bonchev–Trinajstić information content (AvgIpc) is 2.47. The van der Waals surface area contributed by atoms with Crippen molar-refractivity contribution in [1.29, 1.82) is 0 Å². The lowest BCUT2D eigenvalue weighted by Crippen LogP contribution is -2.39. The summed E-state index contributed by atoms with van der Waals surface area (Å²) in [5.41, 5.74) is 1.68. The molecule has 4 nitrogen and oxygen atoms in total. The number of aliphatic hydroxyl groups is 1. The third kappa shape index (κ3) is 3.25. The molecule has 0 spiro atoms. The van der Waals surface area contributed by atoms with Gasteiger partial charge in [0.25, 0.3) is 0 Å². The molecule has 102 valence electrons. The van der Waals surface area contributed by atoms with E-state index in [2.05, 4.69) is 16.2 Å². The van der Waals surface area contributed by atoms with Gasteiger partial charge in [-0.05, 0) is 31.4 Å². The Balaban J connectivity index is 2.07. The van der Waals surface area contributed by atoms with Crippen molar-refractivity contribution in [2.24, 2.45) is 5.41 Å². The smallest absolute Gasteiger partial charge is 0.141 e. The number of nitrogens with zero attached hydrogens (tertiary/aromatic N) is 1. The van der Waals surface area contributed by atoms with Gasteiger partial charge in [-0.25, -0.2) is 4.98 Å². The van der Waals surface area contributed by atoms with Gasteiger partial charge in [-0.15, -0.1) is 6.42 Å². The van der Waals surface area contributed by atoms with Crippen LogP contribution in [0.3, 0.4) is 0 Å². The molecule has 1 aromatic heterocycles. The number of hydrogen-bond donors (Lipinski definition) is 2. The van der Waals surface area contributed by atoms with Crippen LogP contribution in [0.25, 0.3) is 0 Å². The molecule has 0 aliphatic carbocycles. The summed E-state index contributed by atoms with van der Waals surface area (Å²) in [5.74, 6) is 3.36. The lowest BCUT2D eigenvalue weighted by molar-refractivity contribution is -0.00862. The fraction of sp³-hybridized carbons (Fsp3) is 0.533. The molecule has 0 radical (unpaired) electrons. The van der Waals surface area contributed by atoms with Crippen molar-refractivity contribution in [2.75, 3.05) is 31.7 Å². The minimum Gasteiger partial charge on any atom is -0.396 e. The van der Waals surface area contributed by atoms with Crippen molar-refractivity contribution >= 4 is 5.82 Å². The Kier molecular flexibility index (Phi) is 4.41. The van der Waals surface area contributed by atoms with E-state index >= 15 is 0 Å². The first kappa shape index (κ1) is 13.9. The molecule has 4 heteroatoms. The minimum atomic E-state index is -0.128. The monoisotopic (exact) mass is 260 g/mol. The van der Waals surface area contributed by atoms with Crippen LogP contribution in [0.5, 0.6) is 0 Å². The van der Waals surface area contributed by atoms with Crippen molar-refractivity contribution in [1.82, 2.24) is 4.98 Å². The number of aryl methyl sites for hydroxylation is 1. The second kappa shape index (κ2) is 6.05. The molecule has 1 saturated heterocycles. The van der Waals surface area contributed by atoms with E-state index in [1.165, 1.54) is 0 Å². The van der Waals surface area contributed by atoms with E-state index in [0.717, 1.165) is 24.0 Å². The van der Waals surface area contributed by atoms with Crippen molar-refractivity contribution in [2.45, 2.75) is 19.8 Å². The first-order valence-electron chi connectivity index (χ1n) is 6.55. The van der Waals surface area contributed by atoms with Gasteiger partial charge in [-0.2, -0.15) is 0 Å². The first-order valence-corrected chi connectivity index (χ1v) is 6.55. The van der Waals surface area contributed by atoms with E-state index in [1.807, 2.05) is 13.0 Å². The molecular formula is C15H20N2O2. The zero-order chi connectivity index (χ0) is 13.7. The lowest BCUT2D eigenvalue weighted by atomic mass is 9.81. The standard InChI is InChI=1S/C15H20N2O2/c1-3-13-8-12(2)9-16-14(13)17-10-15(11-18)4-6-19-7-5-15/h1,8-9,18H,4-7,10-11H2,2H3,(H,16,17). The zero-order valence-electron chi connectivity index (χ0n) is 11.3. The Bertz CT molecular complexity index is 474. The van der Waals surface area contributed by atoms with Crippen molar-refractivity contribution in [3.05, 3.63) is 23.4 Å². The van der Waals surface area contributed by atoms with Crippen LogP contribution >= 0.6 is 0 Å². The van der Waals surface area contributed by atoms with Gasteiger partial charge in [0, 0.05) is 31.4 Å². The minimum absolute atomic E-state index is 0.128. The molecular weight excluding hydrogens is 240 g/mol. The highest BCUT2D eigenvalue weighted by molar-refractivity contribution is 5.54. The van der Waals surface area contributed by atoms with Gasteiger partial charge in [-0.3, -0.25) is 0 Å². The summed E-state index contributed by atoms with van der Waals surface area (Å²) in [6.45, 7) is 4.18. The number of rotatable bonds is 4. The molecule has 0 amide bonds. The van der Waals surface area contributed by atoms with Gasteiger partial charge in [0.15, 0.2) is 0 Å². The van der Waals surface area contributed by atoms with Gasteiger partial charge in [0.2, 0.25) is 0 Å². The zero-order valence-corrected chi connectivity index (χ0v) is 11.3. The fourth-order valence-electron chi connectivity index (χ4n) is 2.29. The summed E-state index contributed by atoms with van der Waals surface area (Å²) in [6, 6.07) is 1.94. The van der Waals surface area contributed by atoms with Gasteiger partial charge in [0.05, 0.1) is 12.2 Å². The van der Waals surface area contributed by atoms with Crippen molar-refractivity contribution < 1.29 is 9.84 Å². The van der Waals surface area contributed by atoms with E-state index < -0.39 is 0 Å². The SMILES string of the molecule is C#Cc1cc(C)cnc1NCC1(CO)CCOCC1. The molecule has 1 aliphatic rings. The quantitative estimate of drug-likeness (QED) is 0.807. The highest BCUT2D eigenvalue weighted by atomic mass is 16.5. The number of pyridine rings is 1. The molecule has 1 aromatic rings. The van der Waals surface area contributed by atoms with E-state index in [9.17, 15) is 5.11 Å². The van der Waals surface area contributed by atoms with Crippen molar-refractivity contribution in [3.63, 3.8) is 0 Å². The maximum absolute atomic E-state index is 9.63. The predicted molar refractivity (Wildman–Crippen MR) is 75.0 cm³/mol. The van der Waals surface area contributed by atoms with Crippen molar-refractivity contribution in [3.8, 4) is 12.3 Å². The molecule has 2 N–H and O–H groups in total. The van der Waals surface area contributed by atoms with Crippen LogP contribution in [0.1, 0.15) is 24.0 Å². The van der Waals surface area contributed by atoms with Gasteiger partial charge in [-0.1, -0.05) is 5.92 Å². The van der Waals surface area contributed by atoms with Gasteiger partial charge in [0.1, 0.15) is 5.82 Å². The lowest BCUT2D eigenvalue weighted by Gasteiger charge is -2.35. The molecule has 0 atom stereocenters. The van der Waals surface area contributed by atoms with Gasteiger partial charge < -0.3 is 15.2 Å². The molecule has 2 heterocycles. The Morgan fingerprint density at radius 3 is 2.89 bits per heavy atom. The number of aliphatic hydroxyl groups excluding tert-OH is 1. The Labute approximate surface area is 114 Å². The van der Waals surface area contributed by atoms with E-state index in [1.54, 1.807) is 6.20 Å². The van der Waals surface area contributed by atoms with Crippen LogP contribution < -0.4 is 5.32 Å². The van der Waals surface area contributed by atoms with Crippen LogP contribution in [0.2, 0.25) is 0 Å². The fourth-order valence-corrected chi connectivity index (χ4v) is 2.29. The number of nitrogens with one attached hydrogen (secondary N) is 1. The number of terminal acetylenes is 1. The summed E-state index contributed by atoms with van der Waals surface area (Å²) in [7, 11) is 0. The Hall–Kier alpha value is -1.57. The van der Waals surface area contributed by atoms with E-state index in [0.29, 0.717) is 25.6 Å². The Morgan fingerprint density at radius 2 is 2.26 bits per heavy atom. The normalized spacial score (nSPS) is 17.7. The van der Waals surface area contributed by atoms with Crippen LogP contribution in [-0.2, 0) is 4.74 Å². The average molecular weight is 260 g/mol. The van der Waals surface area contributed by atoms with E-state index in [-0.39, 0.29) is 12.0 Å². The molecule has 0 aromatic carbocycles. The molecule has 1 fully saturated rings. The van der Waals surface area contributed by atoms with Crippen LogP contribution in [0, 0.1) is 24.7 Å². The van der Waals surface area contributed by atoms with Crippen LogP contribution in [-0.4, -0.2) is 36.5 Å². The number of anilines is 1. The maximum atomic E-state index is 9.63. The highest BCUT2D eigenvalue weighted by Gasteiger charge is 2.32. The number of aromatic nitrogens is 1. The molecule has 0 unspecified atom stereocenters. The third-order valence-corrected chi connectivity index (χ3v) is 3.70. The number of ether oxygens (including phenoxy) is 1. The largest absolute Gasteiger partial charge is 0.396 e. The molecule has 0 bridgehead atoms. The second-order valence-corrected chi connectivity index (χ2v) is 5.18. The van der Waals surface area contributed by atoms with Crippen LogP contribution in [0.4, 0.5) is 5.82 Å². The van der Waals surface area contributed by atoms with Crippen LogP contribution in [0.15, 0.2) is 12.3 Å². The van der Waals surface area contributed by atoms with Gasteiger partial charge >= 0.3 is 0 Å². The maximum Gasteiger partial charge on any atom is 0.141 e. The molecule has 1 aliphatic heterocycles. The molecule has 0 saturated carbocycles. The summed E-state index contributed by atoms with van der Waals surface area (Å²) < 4.78 is 5.35. The highest BCUT2D eigenvalue weighted by Crippen LogP contribution is 2.30. The summed E-state index contributed by atoms with van der Waals surface area (Å²) >= 11 is 0. The predicted octanol–water partition coefficient (Wildman–Crippen LogP) is 1.57. The molecule has 19 heavy (non-hydrogen) atoms. The molecule has 2 rings (SSSR count). The first-order chi connectivity index (χ1) is 9.19.